The van der Waals surface area contributed by atoms with Crippen molar-refractivity contribution in [2.75, 3.05) is 6.54 Å². The molecule has 2 saturated carbocycles. The number of sulfonamides is 1. The highest BCUT2D eigenvalue weighted by molar-refractivity contribution is 7.91. The predicted molar refractivity (Wildman–Crippen MR) is 193 cm³/mol. The van der Waals surface area contributed by atoms with Gasteiger partial charge < -0.3 is 20.3 Å². The molecule has 14 nitrogen and oxygen atoms in total. The number of halogens is 1. The Bertz CT molecular complexity index is 2090. The normalized spacial score (nSPS) is 26.5. The minimum atomic E-state index is -3.91. The lowest BCUT2D eigenvalue weighted by Crippen LogP contribution is -2.58. The Morgan fingerprint density at radius 1 is 1.13 bits per heavy atom. The van der Waals surface area contributed by atoms with Crippen LogP contribution in [0.15, 0.2) is 35.9 Å². The first-order valence-electron chi connectivity index (χ1n) is 18.1. The summed E-state index contributed by atoms with van der Waals surface area (Å²) in [5.74, 6) is -3.20. The van der Waals surface area contributed by atoms with Crippen LogP contribution < -0.4 is 20.1 Å². The van der Waals surface area contributed by atoms with E-state index in [4.69, 9.17) is 4.74 Å². The van der Waals surface area contributed by atoms with E-state index in [2.05, 4.69) is 30.3 Å². The second kappa shape index (κ2) is 14.7. The molecular formula is C36H42FN7O7S2. The number of hydrogen-bond donors (Lipinski definition) is 3. The van der Waals surface area contributed by atoms with Gasteiger partial charge in [-0.2, -0.15) is 0 Å². The fraction of sp³-hybridized carbons (Fsp3) is 0.528. The standard InChI is InChI=1S/C36H42FN7O7S2/c1-3-25-33(41-28-15-22(37)11-14-26(28)39-25)51-23-16-29-31(45)42-36(35(48)43-53(49,50)24-12-13-24)17-21(36)9-7-5-4-6-8-10-27(34(47)44(29)18-23)40-32(46)30-20(2)38-19-52-30/h7,9,11,14-15,19,21,23-24,27,29H,3-6,8,10,12-13,16-18H2,1-2H3,(H,40,46)(H,42,45)(H,43,48)/t21-,23-,27+,29+,36-/m1/s1. The lowest BCUT2D eigenvalue weighted by atomic mass is 10.0. The molecule has 2 aromatic heterocycles. The Labute approximate surface area is 310 Å². The molecule has 0 unspecified atom stereocenters. The van der Waals surface area contributed by atoms with Crippen molar-refractivity contribution in [3.8, 4) is 5.88 Å². The second-order valence-electron chi connectivity index (χ2n) is 14.2. The van der Waals surface area contributed by atoms with Crippen LogP contribution in [0.5, 0.6) is 5.88 Å². The number of ether oxygens (including phenoxy) is 1. The maximum Gasteiger partial charge on any atom is 0.263 e. The van der Waals surface area contributed by atoms with Gasteiger partial charge in [-0.1, -0.05) is 31.9 Å². The van der Waals surface area contributed by atoms with Crippen LogP contribution in [-0.4, -0.2) is 87.4 Å². The summed E-state index contributed by atoms with van der Waals surface area (Å²) in [5.41, 5.74) is 1.84. The number of carbonyl (C=O) groups excluding carboxylic acids is 4. The summed E-state index contributed by atoms with van der Waals surface area (Å²) >= 11 is 1.16. The van der Waals surface area contributed by atoms with E-state index >= 15 is 0 Å². The first-order valence-corrected chi connectivity index (χ1v) is 20.5. The summed E-state index contributed by atoms with van der Waals surface area (Å²) in [5, 5.41) is 5.10. The van der Waals surface area contributed by atoms with E-state index in [1.54, 1.807) is 12.4 Å². The third-order valence-electron chi connectivity index (χ3n) is 10.4. The van der Waals surface area contributed by atoms with Crippen molar-refractivity contribution < 1.29 is 36.7 Å². The van der Waals surface area contributed by atoms with Gasteiger partial charge in [-0.3, -0.25) is 23.9 Å². The van der Waals surface area contributed by atoms with Gasteiger partial charge in [0.25, 0.3) is 11.8 Å². The number of benzene rings is 1. The first-order chi connectivity index (χ1) is 25.4. The Kier molecular flexibility index (Phi) is 10.2. The number of carbonyl (C=O) groups is 4. The highest BCUT2D eigenvalue weighted by Crippen LogP contribution is 2.46. The smallest absolute Gasteiger partial charge is 0.263 e. The SMILES string of the molecule is CCc1nc2ccc(F)cc2nc1O[C@@H]1C[C@H]2C(=O)N[C@]3(C(=O)NS(=O)(=O)C4CC4)C[C@H]3C=CCCCCC[C@H](NC(=O)c3scnc3C)C(=O)N2C1. The van der Waals surface area contributed by atoms with Crippen LogP contribution in [0, 0.1) is 18.7 Å². The summed E-state index contributed by atoms with van der Waals surface area (Å²) < 4.78 is 48.3. The van der Waals surface area contributed by atoms with Gasteiger partial charge in [0.1, 0.15) is 40.1 Å². The van der Waals surface area contributed by atoms with Gasteiger partial charge in [0.15, 0.2) is 0 Å². The predicted octanol–water partition coefficient (Wildman–Crippen LogP) is 3.25. The number of nitrogens with zero attached hydrogens (tertiary/aromatic N) is 4. The monoisotopic (exact) mass is 767 g/mol. The molecular weight excluding hydrogens is 726 g/mol. The zero-order valence-electron chi connectivity index (χ0n) is 29.5. The van der Waals surface area contributed by atoms with Gasteiger partial charge in [-0.25, -0.2) is 27.8 Å². The van der Waals surface area contributed by atoms with Gasteiger partial charge in [0.05, 0.1) is 34.0 Å². The molecule has 1 saturated heterocycles. The Morgan fingerprint density at radius 2 is 1.94 bits per heavy atom. The van der Waals surface area contributed by atoms with Gasteiger partial charge in [-0.15, -0.1) is 11.3 Å². The van der Waals surface area contributed by atoms with Crippen LogP contribution in [0.1, 0.15) is 85.8 Å². The third kappa shape index (κ3) is 7.77. The van der Waals surface area contributed by atoms with Crippen molar-refractivity contribution in [3.05, 3.63) is 57.9 Å². The van der Waals surface area contributed by atoms with E-state index in [1.807, 2.05) is 19.1 Å². The summed E-state index contributed by atoms with van der Waals surface area (Å²) in [4.78, 5) is 71.0. The molecule has 2 aliphatic carbocycles. The van der Waals surface area contributed by atoms with Crippen LogP contribution in [0.3, 0.4) is 0 Å². The molecule has 2 aliphatic heterocycles. The van der Waals surface area contributed by atoms with E-state index in [0.29, 0.717) is 60.3 Å². The van der Waals surface area contributed by atoms with Crippen molar-refractivity contribution in [1.29, 1.82) is 0 Å². The molecule has 3 N–H and O–H groups in total. The largest absolute Gasteiger partial charge is 0.471 e. The summed E-state index contributed by atoms with van der Waals surface area (Å²) in [6.07, 6.45) is 7.73. The van der Waals surface area contributed by atoms with E-state index in [0.717, 1.165) is 24.2 Å². The third-order valence-corrected chi connectivity index (χ3v) is 13.1. The van der Waals surface area contributed by atoms with Crippen LogP contribution in [0.25, 0.3) is 11.0 Å². The van der Waals surface area contributed by atoms with Crippen molar-refractivity contribution in [2.24, 2.45) is 5.92 Å². The molecule has 5 atom stereocenters. The van der Waals surface area contributed by atoms with Gasteiger partial charge in [-0.05, 0) is 64.0 Å². The fourth-order valence-electron chi connectivity index (χ4n) is 7.12. The Balaban J connectivity index is 1.21. The molecule has 0 bridgehead atoms. The lowest BCUT2D eigenvalue weighted by molar-refractivity contribution is -0.141. The van der Waals surface area contributed by atoms with Crippen LogP contribution in [-0.2, 0) is 30.8 Å². The Hall–Kier alpha value is -4.51. The zero-order valence-corrected chi connectivity index (χ0v) is 31.1. The molecule has 0 spiro atoms. The van der Waals surface area contributed by atoms with E-state index in [-0.39, 0.29) is 30.8 Å². The van der Waals surface area contributed by atoms with Crippen molar-refractivity contribution in [3.63, 3.8) is 0 Å². The number of rotatable bonds is 8. The minimum absolute atomic E-state index is 0.00318. The topological polar surface area (TPSA) is 190 Å². The number of aromatic nitrogens is 3. The molecule has 4 amide bonds. The number of aryl methyl sites for hydroxylation is 2. The van der Waals surface area contributed by atoms with Gasteiger partial charge in [0, 0.05) is 18.4 Å². The summed E-state index contributed by atoms with van der Waals surface area (Å²) in [7, 11) is -3.91. The maximum atomic E-state index is 14.5. The summed E-state index contributed by atoms with van der Waals surface area (Å²) in [6, 6.07) is 1.94. The number of amides is 4. The average Bonchev–Trinajstić information content (AvgIpc) is 4.01. The highest BCUT2D eigenvalue weighted by Gasteiger charge is 2.62. The lowest BCUT2D eigenvalue weighted by Gasteiger charge is -2.30. The van der Waals surface area contributed by atoms with E-state index in [1.165, 1.54) is 23.1 Å². The molecule has 17 heteroatoms. The number of allylic oxidation sites excluding steroid dienone is 1. The Morgan fingerprint density at radius 3 is 2.68 bits per heavy atom. The molecule has 3 aromatic rings. The zero-order chi connectivity index (χ0) is 37.5. The van der Waals surface area contributed by atoms with Crippen molar-refractivity contribution in [2.45, 2.75) is 107 Å². The molecule has 4 aliphatic rings. The molecule has 1 aromatic carbocycles. The van der Waals surface area contributed by atoms with Crippen LogP contribution in [0.4, 0.5) is 4.39 Å². The molecule has 3 fully saturated rings. The first kappa shape index (κ1) is 36.8. The number of nitrogens with one attached hydrogen (secondary N) is 3. The minimum Gasteiger partial charge on any atom is -0.471 e. The fourth-order valence-corrected chi connectivity index (χ4v) is 9.19. The molecule has 0 radical (unpaired) electrons. The van der Waals surface area contributed by atoms with Crippen LogP contribution >= 0.6 is 11.3 Å². The molecule has 53 heavy (non-hydrogen) atoms. The van der Waals surface area contributed by atoms with Crippen molar-refractivity contribution in [1.82, 2.24) is 35.2 Å². The van der Waals surface area contributed by atoms with E-state index < -0.39 is 74.4 Å². The van der Waals surface area contributed by atoms with E-state index in [9.17, 15) is 32.0 Å². The summed E-state index contributed by atoms with van der Waals surface area (Å²) in [6.45, 7) is 3.52. The molecule has 282 valence electrons. The number of hydrogen-bond acceptors (Lipinski definition) is 11. The van der Waals surface area contributed by atoms with Crippen LogP contribution in [0.2, 0.25) is 0 Å². The molecule has 4 heterocycles. The second-order valence-corrected chi connectivity index (χ2v) is 17.1. The quantitative estimate of drug-likeness (QED) is 0.287. The number of fused-ring (bicyclic) bond motifs is 3. The van der Waals surface area contributed by atoms with Gasteiger partial charge >= 0.3 is 0 Å². The molecule has 7 rings (SSSR count). The number of thiazole rings is 1. The highest BCUT2D eigenvalue weighted by atomic mass is 32.2. The maximum absolute atomic E-state index is 14.5. The average molecular weight is 768 g/mol. The van der Waals surface area contributed by atoms with Gasteiger partial charge in [0.2, 0.25) is 27.7 Å². The van der Waals surface area contributed by atoms with Crippen molar-refractivity contribution >= 4 is 56.0 Å².